The van der Waals surface area contributed by atoms with Crippen molar-refractivity contribution in [2.45, 2.75) is 65.0 Å². The fourth-order valence-electron chi connectivity index (χ4n) is 6.80. The molecule has 46 heavy (non-hydrogen) atoms. The molecule has 2 aromatic heterocycles. The number of aromatic nitrogens is 4. The standard InChI is InChI=1S/C35H41N7O4/c1-19(2)42-34(45)27-14-20(3)26(17-29(27)40-42)23-8-4-21(5-9-23)15-31(32(37)43)41(33(44)24-10-6-22(18-36)7-11-24)25-12-13-28-30(16-25)39-35(46)38-28/h4-5,8-9,12-14,16-17,19,22,24,31,40H,6-7,10-11,15,18,36H2,1-3H3,(H2,37,43)(H2,38,39,46)/t22?,24?,31-/m0/s1. The SMILES string of the molecule is Cc1cc2c(=O)n(C(C)C)[nH]c2cc1-c1ccc(C[C@@H](C(N)=O)N(C(=O)C2CCC(CN)CC2)c2ccc3[nH]c(=O)[nH]c3c2)cc1. The molecule has 0 unspecified atom stereocenters. The minimum Gasteiger partial charge on any atom is -0.368 e. The van der Waals surface area contributed by atoms with E-state index >= 15 is 0 Å². The summed E-state index contributed by atoms with van der Waals surface area (Å²) in [7, 11) is 0. The molecule has 0 saturated heterocycles. The molecule has 11 heteroatoms. The van der Waals surface area contributed by atoms with E-state index in [1.165, 1.54) is 4.90 Å². The van der Waals surface area contributed by atoms with E-state index in [1.807, 2.05) is 57.2 Å². The highest BCUT2D eigenvalue weighted by Crippen LogP contribution is 2.33. The van der Waals surface area contributed by atoms with Gasteiger partial charge in [-0.05, 0) is 112 Å². The van der Waals surface area contributed by atoms with E-state index in [2.05, 4.69) is 15.1 Å². The number of rotatable bonds is 9. The molecule has 240 valence electrons. The molecule has 1 fully saturated rings. The number of H-pyrrole nitrogens is 3. The Hall–Kier alpha value is -4.90. The van der Waals surface area contributed by atoms with Crippen molar-refractivity contribution >= 4 is 39.4 Å². The lowest BCUT2D eigenvalue weighted by molar-refractivity contribution is -0.127. The molecule has 2 amide bonds. The van der Waals surface area contributed by atoms with Gasteiger partial charge in [0.1, 0.15) is 6.04 Å². The zero-order chi connectivity index (χ0) is 32.7. The van der Waals surface area contributed by atoms with Gasteiger partial charge in [-0.2, -0.15) is 0 Å². The van der Waals surface area contributed by atoms with Crippen molar-refractivity contribution in [3.05, 3.63) is 86.6 Å². The summed E-state index contributed by atoms with van der Waals surface area (Å²) in [6.07, 6.45) is 3.31. The Morgan fingerprint density at radius 1 is 0.935 bits per heavy atom. The quantitative estimate of drug-likeness (QED) is 0.165. The molecule has 0 spiro atoms. The van der Waals surface area contributed by atoms with Gasteiger partial charge < -0.3 is 21.4 Å². The predicted molar refractivity (Wildman–Crippen MR) is 181 cm³/mol. The third kappa shape index (κ3) is 5.90. The van der Waals surface area contributed by atoms with Crippen LogP contribution in [0, 0.1) is 18.8 Å². The second-order valence-electron chi connectivity index (χ2n) is 12.9. The number of aryl methyl sites for hydroxylation is 1. The second-order valence-corrected chi connectivity index (χ2v) is 12.9. The summed E-state index contributed by atoms with van der Waals surface area (Å²) in [5.74, 6) is -0.637. The molecule has 1 aliphatic carbocycles. The number of anilines is 1. The number of hydrogen-bond acceptors (Lipinski definition) is 5. The number of fused-ring (bicyclic) bond motifs is 2. The molecule has 0 aliphatic heterocycles. The van der Waals surface area contributed by atoms with Crippen molar-refractivity contribution in [3.8, 4) is 11.1 Å². The van der Waals surface area contributed by atoms with Crippen LogP contribution >= 0.6 is 0 Å². The summed E-state index contributed by atoms with van der Waals surface area (Å²) in [6, 6.07) is 16.0. The summed E-state index contributed by atoms with van der Waals surface area (Å²) >= 11 is 0. The van der Waals surface area contributed by atoms with E-state index in [1.54, 1.807) is 22.9 Å². The van der Waals surface area contributed by atoms with Crippen LogP contribution < -0.4 is 27.6 Å². The first-order valence-corrected chi connectivity index (χ1v) is 15.9. The molecule has 3 aromatic carbocycles. The van der Waals surface area contributed by atoms with Crippen LogP contribution in [-0.4, -0.2) is 44.1 Å². The lowest BCUT2D eigenvalue weighted by atomic mass is 9.81. The Morgan fingerprint density at radius 2 is 1.63 bits per heavy atom. The Morgan fingerprint density at radius 3 is 2.28 bits per heavy atom. The minimum atomic E-state index is -0.951. The molecule has 0 radical (unpaired) electrons. The Labute approximate surface area is 265 Å². The van der Waals surface area contributed by atoms with Gasteiger partial charge in [-0.3, -0.25) is 24.4 Å². The van der Waals surface area contributed by atoms with E-state index in [0.29, 0.717) is 47.4 Å². The van der Waals surface area contributed by atoms with Gasteiger partial charge >= 0.3 is 5.69 Å². The Kier molecular flexibility index (Phi) is 8.43. The number of nitrogens with zero attached hydrogens (tertiary/aromatic N) is 2. The molecule has 11 nitrogen and oxygen atoms in total. The number of imidazole rings is 1. The van der Waals surface area contributed by atoms with Gasteiger partial charge in [-0.1, -0.05) is 24.3 Å². The first-order chi connectivity index (χ1) is 22.0. The van der Waals surface area contributed by atoms with Crippen LogP contribution in [-0.2, 0) is 16.0 Å². The van der Waals surface area contributed by atoms with Gasteiger partial charge in [0.25, 0.3) is 5.56 Å². The van der Waals surface area contributed by atoms with E-state index in [4.69, 9.17) is 11.5 Å². The molecule has 1 atom stereocenters. The number of carbonyl (C=O) groups is 2. The van der Waals surface area contributed by atoms with Gasteiger partial charge in [0.05, 0.1) is 21.9 Å². The number of hydrogen-bond donors (Lipinski definition) is 5. The predicted octanol–water partition coefficient (Wildman–Crippen LogP) is 4.25. The summed E-state index contributed by atoms with van der Waals surface area (Å²) in [5.41, 5.74) is 17.7. The van der Waals surface area contributed by atoms with Crippen LogP contribution in [0.25, 0.3) is 33.1 Å². The monoisotopic (exact) mass is 623 g/mol. The average molecular weight is 624 g/mol. The lowest BCUT2D eigenvalue weighted by Gasteiger charge is -2.35. The number of amides is 2. The molecular weight excluding hydrogens is 582 g/mol. The van der Waals surface area contributed by atoms with E-state index in [0.717, 1.165) is 40.6 Å². The van der Waals surface area contributed by atoms with Crippen LogP contribution in [0.5, 0.6) is 0 Å². The molecule has 1 aliphatic rings. The zero-order valence-corrected chi connectivity index (χ0v) is 26.4. The first-order valence-electron chi connectivity index (χ1n) is 15.9. The largest absolute Gasteiger partial charge is 0.368 e. The summed E-state index contributed by atoms with van der Waals surface area (Å²) < 4.78 is 1.63. The van der Waals surface area contributed by atoms with Crippen molar-refractivity contribution in [1.82, 2.24) is 19.7 Å². The molecule has 1 saturated carbocycles. The molecule has 5 aromatic rings. The number of benzene rings is 3. The number of nitrogens with two attached hydrogens (primary N) is 2. The van der Waals surface area contributed by atoms with E-state index in [-0.39, 0.29) is 35.5 Å². The van der Waals surface area contributed by atoms with Gasteiger partial charge in [0.2, 0.25) is 11.8 Å². The smallest absolute Gasteiger partial charge is 0.323 e. The fourth-order valence-corrected chi connectivity index (χ4v) is 6.80. The minimum absolute atomic E-state index is 0.0146. The van der Waals surface area contributed by atoms with Crippen molar-refractivity contribution < 1.29 is 9.59 Å². The zero-order valence-electron chi connectivity index (χ0n) is 26.4. The number of nitrogens with one attached hydrogen (secondary N) is 3. The van der Waals surface area contributed by atoms with Crippen molar-refractivity contribution in [3.63, 3.8) is 0 Å². The molecule has 6 rings (SSSR count). The van der Waals surface area contributed by atoms with Crippen molar-refractivity contribution in [2.75, 3.05) is 11.4 Å². The molecule has 7 N–H and O–H groups in total. The Bertz CT molecular complexity index is 2020. The number of primary amides is 1. The highest BCUT2D eigenvalue weighted by Gasteiger charge is 2.36. The van der Waals surface area contributed by atoms with E-state index < -0.39 is 11.9 Å². The van der Waals surface area contributed by atoms with Gasteiger partial charge in [-0.15, -0.1) is 0 Å². The first kappa shape index (κ1) is 31.1. The van der Waals surface area contributed by atoms with Gasteiger partial charge in [-0.25, -0.2) is 9.48 Å². The number of aromatic amines is 3. The third-order valence-electron chi connectivity index (χ3n) is 9.45. The maximum atomic E-state index is 14.2. The summed E-state index contributed by atoms with van der Waals surface area (Å²) in [6.45, 7) is 6.50. The van der Waals surface area contributed by atoms with Crippen molar-refractivity contribution in [2.24, 2.45) is 23.3 Å². The maximum absolute atomic E-state index is 14.2. The van der Waals surface area contributed by atoms with Crippen LogP contribution in [0.1, 0.15) is 56.7 Å². The molecule has 0 bridgehead atoms. The maximum Gasteiger partial charge on any atom is 0.323 e. The fraction of sp³-hybridized carbons (Fsp3) is 0.371. The van der Waals surface area contributed by atoms with Crippen LogP contribution in [0.2, 0.25) is 0 Å². The highest BCUT2D eigenvalue weighted by atomic mass is 16.2. The van der Waals surface area contributed by atoms with Gasteiger partial charge in [0, 0.05) is 24.1 Å². The van der Waals surface area contributed by atoms with Gasteiger partial charge in [0.15, 0.2) is 0 Å². The van der Waals surface area contributed by atoms with E-state index in [9.17, 15) is 19.2 Å². The summed E-state index contributed by atoms with van der Waals surface area (Å²) in [5, 5.41) is 3.87. The van der Waals surface area contributed by atoms with Crippen LogP contribution in [0.15, 0.2) is 64.2 Å². The lowest BCUT2D eigenvalue weighted by Crippen LogP contribution is -2.52. The molecule has 2 heterocycles. The topological polar surface area (TPSA) is 176 Å². The highest BCUT2D eigenvalue weighted by molar-refractivity contribution is 6.02. The Balaban J connectivity index is 1.32. The average Bonchev–Trinajstić information content (AvgIpc) is 3.58. The third-order valence-corrected chi connectivity index (χ3v) is 9.45. The summed E-state index contributed by atoms with van der Waals surface area (Å²) in [4.78, 5) is 59.1. The van der Waals surface area contributed by atoms with Crippen molar-refractivity contribution in [1.29, 1.82) is 0 Å². The van der Waals surface area contributed by atoms with Crippen LogP contribution in [0.3, 0.4) is 0 Å². The molecular formula is C35H41N7O4. The normalized spacial score (nSPS) is 17.5. The number of carbonyl (C=O) groups excluding carboxylic acids is 2. The van der Waals surface area contributed by atoms with Crippen LogP contribution in [0.4, 0.5) is 5.69 Å². The second kappa shape index (κ2) is 12.5.